The number of ether oxygens (including phenoxy) is 1. The van der Waals surface area contributed by atoms with Gasteiger partial charge in [0.25, 0.3) is 5.91 Å². The molecular formula is C16H16N4O3S. The van der Waals surface area contributed by atoms with Gasteiger partial charge in [0.05, 0.1) is 24.7 Å². The number of aromatic nitrogens is 3. The lowest BCUT2D eigenvalue weighted by Gasteiger charge is -2.04. The second-order valence-corrected chi connectivity index (χ2v) is 5.86. The monoisotopic (exact) mass is 344 g/mol. The van der Waals surface area contributed by atoms with Crippen molar-refractivity contribution in [2.24, 2.45) is 7.05 Å². The molecule has 0 aliphatic rings. The van der Waals surface area contributed by atoms with E-state index < -0.39 is 0 Å². The topological polar surface area (TPSA) is 82.2 Å². The van der Waals surface area contributed by atoms with Crippen LogP contribution in [0, 0.1) is 0 Å². The van der Waals surface area contributed by atoms with Crippen LogP contribution in [0.4, 0.5) is 5.69 Å². The molecule has 0 aliphatic heterocycles. The van der Waals surface area contributed by atoms with Gasteiger partial charge in [0.15, 0.2) is 10.9 Å². The highest BCUT2D eigenvalue weighted by atomic mass is 32.2. The summed E-state index contributed by atoms with van der Waals surface area (Å²) >= 11 is 1.54. The van der Waals surface area contributed by atoms with Crippen molar-refractivity contribution >= 4 is 23.4 Å². The largest absolute Gasteiger partial charge is 0.481 e. The third-order valence-corrected chi connectivity index (χ3v) is 4.29. The number of furan rings is 1. The number of methoxy groups -OCH3 is 1. The molecule has 0 fully saturated rings. The molecule has 8 heteroatoms. The number of aryl methyl sites for hydroxylation is 1. The molecule has 3 heterocycles. The van der Waals surface area contributed by atoms with Gasteiger partial charge < -0.3 is 19.0 Å². The van der Waals surface area contributed by atoms with Gasteiger partial charge in [-0.25, -0.2) is 9.97 Å². The normalized spacial score (nSPS) is 10.6. The molecule has 3 aromatic rings. The quantitative estimate of drug-likeness (QED) is 0.692. The molecule has 3 aromatic heterocycles. The van der Waals surface area contributed by atoms with Gasteiger partial charge in [-0.3, -0.25) is 4.79 Å². The average molecular weight is 344 g/mol. The number of imidazole rings is 1. The van der Waals surface area contributed by atoms with E-state index >= 15 is 0 Å². The van der Waals surface area contributed by atoms with Crippen LogP contribution in [-0.4, -0.2) is 27.6 Å². The van der Waals surface area contributed by atoms with Crippen molar-refractivity contribution < 1.29 is 13.9 Å². The van der Waals surface area contributed by atoms with Crippen LogP contribution in [0.5, 0.6) is 5.88 Å². The van der Waals surface area contributed by atoms with Crippen molar-refractivity contribution in [2.75, 3.05) is 12.4 Å². The summed E-state index contributed by atoms with van der Waals surface area (Å²) < 4.78 is 12.5. The van der Waals surface area contributed by atoms with Crippen molar-refractivity contribution in [3.8, 4) is 5.88 Å². The molecule has 0 saturated carbocycles. The predicted octanol–water partition coefficient (Wildman–Crippen LogP) is 2.96. The Bertz CT molecular complexity index is 826. The van der Waals surface area contributed by atoms with Crippen molar-refractivity contribution in [1.29, 1.82) is 0 Å². The number of thioether (sulfide) groups is 1. The van der Waals surface area contributed by atoms with E-state index in [1.165, 1.54) is 13.3 Å². The van der Waals surface area contributed by atoms with Gasteiger partial charge in [-0.2, -0.15) is 0 Å². The lowest BCUT2D eigenvalue weighted by atomic mass is 10.3. The average Bonchev–Trinajstić information content (AvgIpc) is 3.22. The SMILES string of the molecule is COc1ccc(NC(=O)c2ccc(CSc3nccn3C)o2)cn1. The smallest absolute Gasteiger partial charge is 0.291 e. The summed E-state index contributed by atoms with van der Waals surface area (Å²) in [7, 11) is 3.47. The molecule has 3 rings (SSSR count). The van der Waals surface area contributed by atoms with Gasteiger partial charge in [-0.15, -0.1) is 0 Å². The van der Waals surface area contributed by atoms with E-state index in [9.17, 15) is 4.79 Å². The van der Waals surface area contributed by atoms with E-state index in [2.05, 4.69) is 15.3 Å². The standard InChI is InChI=1S/C16H16N4O3S/c1-20-8-7-17-16(20)24-10-12-4-5-13(23-12)15(21)19-11-3-6-14(22-2)18-9-11/h3-9H,10H2,1-2H3,(H,19,21). The van der Waals surface area contributed by atoms with Crippen molar-refractivity contribution in [3.05, 3.63) is 54.4 Å². The number of nitrogens with one attached hydrogen (secondary N) is 1. The zero-order valence-electron chi connectivity index (χ0n) is 13.2. The lowest BCUT2D eigenvalue weighted by Crippen LogP contribution is -2.11. The second-order valence-electron chi connectivity index (χ2n) is 4.92. The third-order valence-electron chi connectivity index (χ3n) is 3.21. The van der Waals surface area contributed by atoms with Gasteiger partial charge in [0, 0.05) is 25.5 Å². The molecule has 0 unspecified atom stereocenters. The lowest BCUT2D eigenvalue weighted by molar-refractivity contribution is 0.0995. The predicted molar refractivity (Wildman–Crippen MR) is 90.2 cm³/mol. The molecule has 0 saturated heterocycles. The Morgan fingerprint density at radius 2 is 2.21 bits per heavy atom. The molecule has 124 valence electrons. The molecule has 0 aliphatic carbocycles. The summed E-state index contributed by atoms with van der Waals surface area (Å²) in [5.41, 5.74) is 0.570. The number of pyridine rings is 1. The molecule has 1 N–H and O–H groups in total. The molecular weight excluding hydrogens is 328 g/mol. The fraction of sp³-hybridized carbons (Fsp3) is 0.188. The van der Waals surface area contributed by atoms with Crippen LogP contribution < -0.4 is 10.1 Å². The fourth-order valence-electron chi connectivity index (χ4n) is 1.97. The second kappa shape index (κ2) is 7.22. The maximum atomic E-state index is 12.2. The van der Waals surface area contributed by atoms with Crippen LogP contribution in [0.3, 0.4) is 0 Å². The van der Waals surface area contributed by atoms with Crippen LogP contribution in [0.1, 0.15) is 16.3 Å². The first kappa shape index (κ1) is 16.1. The molecule has 0 aromatic carbocycles. The fourth-order valence-corrected chi connectivity index (χ4v) is 2.80. The Kier molecular flexibility index (Phi) is 4.85. The summed E-state index contributed by atoms with van der Waals surface area (Å²) in [5, 5.41) is 3.62. The highest BCUT2D eigenvalue weighted by molar-refractivity contribution is 7.98. The van der Waals surface area contributed by atoms with E-state index in [1.807, 2.05) is 17.8 Å². The van der Waals surface area contributed by atoms with Gasteiger partial charge in [-0.05, 0) is 18.2 Å². The minimum atomic E-state index is -0.324. The summed E-state index contributed by atoms with van der Waals surface area (Å²) in [6, 6.07) is 6.83. The van der Waals surface area contributed by atoms with E-state index in [0.29, 0.717) is 23.1 Å². The summed E-state index contributed by atoms with van der Waals surface area (Å²) in [4.78, 5) is 20.4. The van der Waals surface area contributed by atoms with Crippen LogP contribution in [0.2, 0.25) is 0 Å². The van der Waals surface area contributed by atoms with E-state index in [0.717, 1.165) is 5.16 Å². The maximum absolute atomic E-state index is 12.2. The number of hydrogen-bond donors (Lipinski definition) is 1. The Hall–Kier alpha value is -2.74. The Labute approximate surface area is 143 Å². The first-order valence-corrected chi connectivity index (χ1v) is 8.14. The zero-order valence-corrected chi connectivity index (χ0v) is 14.0. The van der Waals surface area contributed by atoms with Crippen molar-refractivity contribution in [1.82, 2.24) is 14.5 Å². The molecule has 7 nitrogen and oxygen atoms in total. The molecule has 24 heavy (non-hydrogen) atoms. The number of anilines is 1. The highest BCUT2D eigenvalue weighted by Crippen LogP contribution is 2.22. The highest BCUT2D eigenvalue weighted by Gasteiger charge is 2.12. The summed E-state index contributed by atoms with van der Waals surface area (Å²) in [6.45, 7) is 0. The van der Waals surface area contributed by atoms with E-state index in [4.69, 9.17) is 9.15 Å². The number of carbonyl (C=O) groups is 1. The minimum absolute atomic E-state index is 0.251. The zero-order chi connectivity index (χ0) is 16.9. The molecule has 0 bridgehead atoms. The first-order chi connectivity index (χ1) is 11.7. The van der Waals surface area contributed by atoms with Gasteiger partial charge in [0.1, 0.15) is 5.76 Å². The number of rotatable bonds is 6. The Balaban J connectivity index is 1.59. The molecule has 0 radical (unpaired) electrons. The molecule has 0 spiro atoms. The van der Waals surface area contributed by atoms with Gasteiger partial charge >= 0.3 is 0 Å². The van der Waals surface area contributed by atoms with Crippen LogP contribution in [0.15, 0.2) is 52.4 Å². The van der Waals surface area contributed by atoms with E-state index in [-0.39, 0.29) is 11.7 Å². The summed E-state index contributed by atoms with van der Waals surface area (Å²) in [6.07, 6.45) is 5.15. The van der Waals surface area contributed by atoms with Gasteiger partial charge in [-0.1, -0.05) is 11.8 Å². The van der Waals surface area contributed by atoms with Gasteiger partial charge in [0.2, 0.25) is 5.88 Å². The number of carbonyl (C=O) groups excluding carboxylic acids is 1. The van der Waals surface area contributed by atoms with Crippen molar-refractivity contribution in [3.63, 3.8) is 0 Å². The molecule has 1 amide bonds. The van der Waals surface area contributed by atoms with Crippen LogP contribution in [0.25, 0.3) is 0 Å². The number of hydrogen-bond acceptors (Lipinski definition) is 6. The first-order valence-electron chi connectivity index (χ1n) is 7.16. The van der Waals surface area contributed by atoms with E-state index in [1.54, 1.807) is 42.2 Å². The summed E-state index contributed by atoms with van der Waals surface area (Å²) in [5.74, 6) is 1.72. The minimum Gasteiger partial charge on any atom is -0.481 e. The third kappa shape index (κ3) is 3.77. The van der Waals surface area contributed by atoms with Crippen molar-refractivity contribution in [2.45, 2.75) is 10.9 Å². The number of nitrogens with zero attached hydrogens (tertiary/aromatic N) is 3. The number of amides is 1. The van der Waals surface area contributed by atoms with Crippen LogP contribution >= 0.6 is 11.8 Å². The Morgan fingerprint density at radius 3 is 2.88 bits per heavy atom. The molecule has 0 atom stereocenters. The maximum Gasteiger partial charge on any atom is 0.291 e. The van der Waals surface area contributed by atoms with Crippen LogP contribution in [-0.2, 0) is 12.8 Å². The Morgan fingerprint density at radius 1 is 1.33 bits per heavy atom.